The van der Waals surface area contributed by atoms with Crippen LogP contribution in [0, 0.1) is 10.1 Å². The highest BCUT2D eigenvalue weighted by Gasteiger charge is 2.30. The zero-order valence-corrected chi connectivity index (χ0v) is 12.7. The van der Waals surface area contributed by atoms with Crippen molar-refractivity contribution in [3.8, 4) is 0 Å². The van der Waals surface area contributed by atoms with Crippen molar-refractivity contribution >= 4 is 18.1 Å². The quantitative estimate of drug-likeness (QED) is 0.682. The van der Waals surface area contributed by atoms with E-state index in [1.165, 1.54) is 23.5 Å². The summed E-state index contributed by atoms with van der Waals surface area (Å²) in [7, 11) is 0. The van der Waals surface area contributed by atoms with Gasteiger partial charge in [0, 0.05) is 31.9 Å². The first-order chi connectivity index (χ1) is 9.75. The van der Waals surface area contributed by atoms with E-state index in [0.29, 0.717) is 19.6 Å². The lowest BCUT2D eigenvalue weighted by molar-refractivity contribution is -0.667. The number of nitro groups is 1. The smallest absolute Gasteiger partial charge is 0.160 e. The number of hydrazine groups is 1. The predicted molar refractivity (Wildman–Crippen MR) is 84.4 cm³/mol. The number of hydrogen-bond donors (Lipinski definition) is 1. The molecule has 2 aliphatic rings. The minimum Gasteiger partial charge on any atom is -0.372 e. The summed E-state index contributed by atoms with van der Waals surface area (Å²) in [5.74, 6) is 0. The van der Waals surface area contributed by atoms with Gasteiger partial charge in [0.05, 0.1) is 6.54 Å². The fourth-order valence-electron chi connectivity index (χ4n) is 3.06. The molecule has 6 nitrogen and oxygen atoms in total. The Kier molecular flexibility index (Phi) is 5.25. The lowest BCUT2D eigenvalue weighted by atomic mass is 10.0. The molecule has 0 bridgehead atoms. The van der Waals surface area contributed by atoms with Crippen molar-refractivity contribution in [2.75, 3.05) is 37.6 Å². The molecule has 1 aromatic rings. The van der Waals surface area contributed by atoms with E-state index in [0.717, 1.165) is 18.7 Å². The number of nitrogens with one attached hydrogen (secondary N) is 1. The zero-order chi connectivity index (χ0) is 13.9. The standard InChI is InChI=1S/C14H20N4O2.ClH/c19-18(20)17-10-7-15-11-14(17)12-3-5-13(6-4-12)16-8-1-2-9-16;/h3-6,14-15H,1-2,7-11H2;1H/t14-;/m1./s1. The summed E-state index contributed by atoms with van der Waals surface area (Å²) in [5, 5.41) is 15.4. The second-order valence-electron chi connectivity index (χ2n) is 5.41. The summed E-state index contributed by atoms with van der Waals surface area (Å²) in [5.41, 5.74) is 2.24. The van der Waals surface area contributed by atoms with Gasteiger partial charge >= 0.3 is 0 Å². The third-order valence-corrected chi connectivity index (χ3v) is 4.17. The van der Waals surface area contributed by atoms with Gasteiger partial charge in [-0.05, 0) is 30.5 Å². The minimum absolute atomic E-state index is 0. The van der Waals surface area contributed by atoms with Gasteiger partial charge in [0.25, 0.3) is 0 Å². The van der Waals surface area contributed by atoms with Crippen LogP contribution in [-0.2, 0) is 0 Å². The maximum absolute atomic E-state index is 11.1. The number of piperazine rings is 1. The van der Waals surface area contributed by atoms with E-state index in [1.807, 2.05) is 12.1 Å². The number of halogens is 1. The molecule has 0 unspecified atom stereocenters. The molecule has 7 heteroatoms. The van der Waals surface area contributed by atoms with E-state index >= 15 is 0 Å². The van der Waals surface area contributed by atoms with Crippen molar-refractivity contribution in [2.45, 2.75) is 18.9 Å². The van der Waals surface area contributed by atoms with E-state index in [4.69, 9.17) is 0 Å². The average molecular weight is 313 g/mol. The number of anilines is 1. The van der Waals surface area contributed by atoms with Crippen LogP contribution in [0.1, 0.15) is 24.4 Å². The number of nitrogens with zero attached hydrogens (tertiary/aromatic N) is 3. The van der Waals surface area contributed by atoms with E-state index < -0.39 is 0 Å². The van der Waals surface area contributed by atoms with Gasteiger partial charge in [0.15, 0.2) is 5.03 Å². The molecule has 1 N–H and O–H groups in total. The van der Waals surface area contributed by atoms with Crippen LogP contribution >= 0.6 is 12.4 Å². The van der Waals surface area contributed by atoms with Crippen molar-refractivity contribution in [1.29, 1.82) is 0 Å². The molecular formula is C14H21ClN4O2. The summed E-state index contributed by atoms with van der Waals surface area (Å²) in [6.07, 6.45) is 2.51. The van der Waals surface area contributed by atoms with Gasteiger partial charge in [0.1, 0.15) is 6.04 Å². The zero-order valence-electron chi connectivity index (χ0n) is 11.9. The fraction of sp³-hybridized carbons (Fsp3) is 0.571. The Morgan fingerprint density at radius 1 is 1.14 bits per heavy atom. The second-order valence-corrected chi connectivity index (χ2v) is 5.41. The van der Waals surface area contributed by atoms with Crippen molar-refractivity contribution in [3.05, 3.63) is 39.9 Å². The molecule has 3 rings (SSSR count). The van der Waals surface area contributed by atoms with Gasteiger partial charge in [-0.3, -0.25) is 0 Å². The summed E-state index contributed by atoms with van der Waals surface area (Å²) >= 11 is 0. The molecule has 0 saturated carbocycles. The first kappa shape index (κ1) is 15.9. The van der Waals surface area contributed by atoms with Gasteiger partial charge in [-0.15, -0.1) is 17.4 Å². The van der Waals surface area contributed by atoms with Crippen LogP contribution in [0.3, 0.4) is 0 Å². The van der Waals surface area contributed by atoms with Crippen molar-refractivity contribution in [3.63, 3.8) is 0 Å². The molecule has 0 aliphatic carbocycles. The first-order valence-corrected chi connectivity index (χ1v) is 7.22. The van der Waals surface area contributed by atoms with Gasteiger partial charge in [-0.25, -0.2) is 10.1 Å². The Labute approximate surface area is 130 Å². The third-order valence-electron chi connectivity index (χ3n) is 4.17. The normalized spacial score (nSPS) is 22.0. The van der Waals surface area contributed by atoms with E-state index in [1.54, 1.807) is 0 Å². The van der Waals surface area contributed by atoms with E-state index in [-0.39, 0.29) is 23.5 Å². The van der Waals surface area contributed by atoms with Gasteiger partial charge in [0.2, 0.25) is 0 Å². The Morgan fingerprint density at radius 3 is 2.43 bits per heavy atom. The maximum atomic E-state index is 11.1. The van der Waals surface area contributed by atoms with Crippen molar-refractivity contribution in [2.24, 2.45) is 0 Å². The lowest BCUT2D eigenvalue weighted by Crippen LogP contribution is -2.48. The topological polar surface area (TPSA) is 61.7 Å². The summed E-state index contributed by atoms with van der Waals surface area (Å²) in [6, 6.07) is 8.07. The Balaban J connectivity index is 0.00000161. The fourth-order valence-corrected chi connectivity index (χ4v) is 3.06. The Hall–Kier alpha value is -1.53. The molecule has 21 heavy (non-hydrogen) atoms. The number of hydrogen-bond acceptors (Lipinski definition) is 4. The van der Waals surface area contributed by atoms with E-state index in [9.17, 15) is 10.1 Å². The molecule has 2 saturated heterocycles. The highest BCUT2D eigenvalue weighted by atomic mass is 35.5. The van der Waals surface area contributed by atoms with Crippen molar-refractivity contribution in [1.82, 2.24) is 10.3 Å². The SMILES string of the molecule is Cl.O=[N+]([O-])N1CCNC[C@@H]1c1ccc(N2CCCC2)cc1. The maximum Gasteiger partial charge on any atom is 0.160 e. The van der Waals surface area contributed by atoms with Crippen LogP contribution in [0.15, 0.2) is 24.3 Å². The summed E-state index contributed by atoms with van der Waals surface area (Å²) < 4.78 is 0. The molecule has 0 radical (unpaired) electrons. The van der Waals surface area contributed by atoms with Crippen LogP contribution in [0.5, 0.6) is 0 Å². The molecule has 116 valence electrons. The van der Waals surface area contributed by atoms with Gasteiger partial charge in [-0.1, -0.05) is 12.1 Å². The minimum atomic E-state index is -0.278. The van der Waals surface area contributed by atoms with Gasteiger partial charge in [-0.2, -0.15) is 0 Å². The molecule has 2 aliphatic heterocycles. The van der Waals surface area contributed by atoms with Crippen LogP contribution in [-0.4, -0.2) is 42.8 Å². The summed E-state index contributed by atoms with van der Waals surface area (Å²) in [4.78, 5) is 13.5. The monoisotopic (exact) mass is 312 g/mol. The largest absolute Gasteiger partial charge is 0.372 e. The molecular weight excluding hydrogens is 292 g/mol. The van der Waals surface area contributed by atoms with Crippen LogP contribution in [0.4, 0.5) is 5.69 Å². The highest BCUT2D eigenvalue weighted by Crippen LogP contribution is 2.26. The summed E-state index contributed by atoms with van der Waals surface area (Å²) in [6.45, 7) is 3.98. The van der Waals surface area contributed by atoms with E-state index in [2.05, 4.69) is 22.3 Å². The molecule has 2 heterocycles. The molecule has 0 amide bonds. The molecule has 1 aromatic carbocycles. The Bertz CT molecular complexity index is 476. The van der Waals surface area contributed by atoms with Crippen molar-refractivity contribution < 1.29 is 5.03 Å². The molecule has 0 aromatic heterocycles. The highest BCUT2D eigenvalue weighted by molar-refractivity contribution is 5.85. The van der Waals surface area contributed by atoms with Crippen LogP contribution in [0.2, 0.25) is 0 Å². The van der Waals surface area contributed by atoms with Crippen LogP contribution < -0.4 is 10.2 Å². The van der Waals surface area contributed by atoms with Gasteiger partial charge < -0.3 is 10.2 Å². The lowest BCUT2D eigenvalue weighted by Gasteiger charge is -2.30. The molecule has 0 spiro atoms. The second kappa shape index (κ2) is 6.95. The average Bonchev–Trinajstić information content (AvgIpc) is 3.02. The number of rotatable bonds is 3. The molecule has 2 fully saturated rings. The number of benzene rings is 1. The first-order valence-electron chi connectivity index (χ1n) is 7.22. The molecule has 1 atom stereocenters. The predicted octanol–water partition coefficient (Wildman–Crippen LogP) is 1.85. The van der Waals surface area contributed by atoms with Crippen LogP contribution in [0.25, 0.3) is 0 Å². The Morgan fingerprint density at radius 2 is 1.81 bits per heavy atom. The third kappa shape index (κ3) is 3.39.